The van der Waals surface area contributed by atoms with Crippen molar-refractivity contribution in [3.8, 4) is 0 Å². The number of aromatic nitrogens is 1. The monoisotopic (exact) mass is 524 g/mol. The number of halogens is 5. The largest absolute Gasteiger partial charge is 0.416 e. The predicted octanol–water partition coefficient (Wildman–Crippen LogP) is 6.52. The molecule has 35 heavy (non-hydrogen) atoms. The van der Waals surface area contributed by atoms with Crippen LogP contribution in [0.2, 0.25) is 10.0 Å². The summed E-state index contributed by atoms with van der Waals surface area (Å²) in [6, 6.07) is 10.2. The molecule has 0 bridgehead atoms. The van der Waals surface area contributed by atoms with Gasteiger partial charge in [-0.25, -0.2) is 4.98 Å². The van der Waals surface area contributed by atoms with Crippen molar-refractivity contribution in [1.82, 2.24) is 4.98 Å². The zero-order valence-corrected chi connectivity index (χ0v) is 19.4. The number of carbonyl (C=O) groups excluding carboxylic acids is 1. The van der Waals surface area contributed by atoms with Crippen LogP contribution < -0.4 is 10.2 Å². The van der Waals surface area contributed by atoms with Crippen LogP contribution in [0.25, 0.3) is 0 Å². The van der Waals surface area contributed by atoms with Crippen LogP contribution in [0.15, 0.2) is 48.5 Å². The number of non-ortho nitro benzene ring substituents is 1. The number of nitrogens with one attached hydrogen (secondary N) is 1. The van der Waals surface area contributed by atoms with Gasteiger partial charge in [-0.1, -0.05) is 29.3 Å². The quantitative estimate of drug-likeness (QED) is 0.303. The average Bonchev–Trinajstić information content (AvgIpc) is 2.79. The lowest BCUT2D eigenvalue weighted by atomic mass is 10.1. The molecule has 0 fully saturated rings. The molecule has 2 heterocycles. The maximum atomic E-state index is 12.9. The summed E-state index contributed by atoms with van der Waals surface area (Å²) in [6.07, 6.45) is -3.10. The number of nitro benzene ring substituents is 1. The van der Waals surface area contributed by atoms with Gasteiger partial charge in [-0.3, -0.25) is 14.9 Å². The highest BCUT2D eigenvalue weighted by atomic mass is 35.5. The Bertz CT molecular complexity index is 1320. The molecule has 0 aliphatic carbocycles. The Morgan fingerprint density at radius 3 is 2.57 bits per heavy atom. The summed E-state index contributed by atoms with van der Waals surface area (Å²) in [5.74, 6) is -0.402. The van der Waals surface area contributed by atoms with Crippen molar-refractivity contribution in [2.75, 3.05) is 16.8 Å². The number of pyridine rings is 1. The van der Waals surface area contributed by atoms with Crippen molar-refractivity contribution >= 4 is 46.3 Å². The van der Waals surface area contributed by atoms with Crippen LogP contribution in [0, 0.1) is 10.1 Å². The number of hydrogen-bond acceptors (Lipinski definition) is 5. The number of fused-ring (bicyclic) bond motifs is 1. The molecule has 0 saturated carbocycles. The van der Waals surface area contributed by atoms with E-state index >= 15 is 0 Å². The molecule has 1 N–H and O–H groups in total. The average molecular weight is 525 g/mol. The van der Waals surface area contributed by atoms with E-state index in [2.05, 4.69) is 10.3 Å². The highest BCUT2D eigenvalue weighted by molar-refractivity contribution is 6.34. The lowest BCUT2D eigenvalue weighted by Crippen LogP contribution is -2.29. The second-order valence-electron chi connectivity index (χ2n) is 7.87. The zero-order valence-electron chi connectivity index (χ0n) is 17.9. The second kappa shape index (κ2) is 9.71. The van der Waals surface area contributed by atoms with E-state index in [9.17, 15) is 28.1 Å². The third-order valence-corrected chi connectivity index (χ3v) is 6.20. The first-order chi connectivity index (χ1) is 16.5. The first kappa shape index (κ1) is 24.7. The van der Waals surface area contributed by atoms with Gasteiger partial charge in [-0.15, -0.1) is 0 Å². The van der Waals surface area contributed by atoms with E-state index in [-0.39, 0.29) is 27.1 Å². The maximum absolute atomic E-state index is 12.9. The minimum Gasteiger partial charge on any atom is -0.366 e. The summed E-state index contributed by atoms with van der Waals surface area (Å²) >= 11 is 12.2. The molecule has 182 valence electrons. The molecule has 1 aliphatic heterocycles. The van der Waals surface area contributed by atoms with Crippen molar-refractivity contribution in [2.45, 2.75) is 25.6 Å². The van der Waals surface area contributed by atoms with Crippen molar-refractivity contribution in [3.63, 3.8) is 0 Å². The summed E-state index contributed by atoms with van der Waals surface area (Å²) < 4.78 is 38.8. The summed E-state index contributed by atoms with van der Waals surface area (Å²) in [5.41, 5.74) is 0.886. The number of amides is 1. The fraction of sp³-hybridized carbons (Fsp3) is 0.217. The van der Waals surface area contributed by atoms with Gasteiger partial charge in [0.1, 0.15) is 5.82 Å². The zero-order chi connectivity index (χ0) is 25.3. The third kappa shape index (κ3) is 5.49. The topological polar surface area (TPSA) is 88.4 Å². The maximum Gasteiger partial charge on any atom is 0.416 e. The number of nitro groups is 1. The summed E-state index contributed by atoms with van der Waals surface area (Å²) in [6.45, 7) is 0.946. The molecule has 0 atom stereocenters. The van der Waals surface area contributed by atoms with E-state index in [1.807, 2.05) is 4.90 Å². The fourth-order valence-corrected chi connectivity index (χ4v) is 4.24. The molecule has 0 unspecified atom stereocenters. The van der Waals surface area contributed by atoms with Crippen LogP contribution in [-0.4, -0.2) is 22.4 Å². The number of nitrogens with zero attached hydrogens (tertiary/aromatic N) is 3. The van der Waals surface area contributed by atoms with Gasteiger partial charge in [-0.05, 0) is 48.7 Å². The molecule has 2 aromatic carbocycles. The van der Waals surface area contributed by atoms with Crippen LogP contribution in [0.5, 0.6) is 0 Å². The number of aryl methyl sites for hydroxylation is 1. The lowest BCUT2D eigenvalue weighted by molar-refractivity contribution is -0.384. The molecular formula is C23H17Cl2F3N4O3. The highest BCUT2D eigenvalue weighted by Crippen LogP contribution is 2.34. The number of alkyl halides is 3. The van der Waals surface area contributed by atoms with Crippen LogP contribution >= 0.6 is 23.2 Å². The van der Waals surface area contributed by atoms with E-state index in [4.69, 9.17) is 23.2 Å². The van der Waals surface area contributed by atoms with Crippen LogP contribution in [0.3, 0.4) is 0 Å². The first-order valence-corrected chi connectivity index (χ1v) is 11.1. The van der Waals surface area contributed by atoms with Crippen molar-refractivity contribution in [1.29, 1.82) is 0 Å². The van der Waals surface area contributed by atoms with E-state index in [0.29, 0.717) is 30.8 Å². The van der Waals surface area contributed by atoms with Crippen LogP contribution in [0.4, 0.5) is 30.4 Å². The summed E-state index contributed by atoms with van der Waals surface area (Å²) in [7, 11) is 0. The molecule has 1 aliphatic rings. The number of anilines is 2. The van der Waals surface area contributed by atoms with Crippen LogP contribution in [0.1, 0.15) is 33.6 Å². The molecule has 4 rings (SSSR count). The number of rotatable bonds is 5. The Morgan fingerprint density at radius 2 is 1.89 bits per heavy atom. The van der Waals surface area contributed by atoms with Crippen molar-refractivity contribution < 1.29 is 22.9 Å². The molecule has 12 heteroatoms. The predicted molar refractivity (Wildman–Crippen MR) is 126 cm³/mol. The smallest absolute Gasteiger partial charge is 0.366 e. The SMILES string of the molecule is O=C(Nc1ccc2c(n1)CCCN2Cc1ccc(C(F)(F)F)cc1Cl)c1cc([N+](=O)[O-])ccc1Cl. The van der Waals surface area contributed by atoms with Gasteiger partial charge >= 0.3 is 6.18 Å². The van der Waals surface area contributed by atoms with Gasteiger partial charge < -0.3 is 10.2 Å². The third-order valence-electron chi connectivity index (χ3n) is 5.52. The van der Waals surface area contributed by atoms with Crippen LogP contribution in [-0.2, 0) is 19.1 Å². The van der Waals surface area contributed by atoms with E-state index < -0.39 is 22.6 Å². The van der Waals surface area contributed by atoms with Gasteiger partial charge in [0.05, 0.1) is 32.5 Å². The number of benzene rings is 2. The molecular weight excluding hydrogens is 508 g/mol. The molecule has 1 amide bonds. The molecule has 0 saturated heterocycles. The number of hydrogen-bond donors (Lipinski definition) is 1. The normalized spacial score (nSPS) is 13.3. The minimum atomic E-state index is -4.47. The van der Waals surface area contributed by atoms with Crippen molar-refractivity contribution in [2.24, 2.45) is 0 Å². The lowest BCUT2D eigenvalue weighted by Gasteiger charge is -2.31. The Morgan fingerprint density at radius 1 is 1.11 bits per heavy atom. The standard InChI is InChI=1S/C23H17Cl2F3N4O3/c24-17-6-5-15(32(34)35)11-16(17)22(33)30-21-8-7-20-19(29-21)2-1-9-31(20)12-13-3-4-14(10-18(13)25)23(26,27)28/h3-8,10-11H,1-2,9,12H2,(H,29,30,33). The Kier molecular flexibility index (Phi) is 6.86. The van der Waals surface area contributed by atoms with E-state index in [1.54, 1.807) is 12.1 Å². The Labute approximate surface area is 207 Å². The van der Waals surface area contributed by atoms with Gasteiger partial charge in [-0.2, -0.15) is 13.2 Å². The van der Waals surface area contributed by atoms with Gasteiger partial charge in [0, 0.05) is 30.2 Å². The summed E-state index contributed by atoms with van der Waals surface area (Å²) in [4.78, 5) is 29.5. The van der Waals surface area contributed by atoms with Gasteiger partial charge in [0.2, 0.25) is 0 Å². The molecule has 1 aromatic heterocycles. The molecule has 0 spiro atoms. The first-order valence-electron chi connectivity index (χ1n) is 10.4. The Hall–Kier alpha value is -3.37. The Balaban J connectivity index is 1.53. The molecule has 7 nitrogen and oxygen atoms in total. The van der Waals surface area contributed by atoms with Gasteiger partial charge in [0.25, 0.3) is 11.6 Å². The van der Waals surface area contributed by atoms with Crippen molar-refractivity contribution in [3.05, 3.63) is 91.1 Å². The van der Waals surface area contributed by atoms with E-state index in [1.165, 1.54) is 18.2 Å². The fourth-order valence-electron chi connectivity index (χ4n) is 3.80. The molecule has 3 aromatic rings. The summed E-state index contributed by atoms with van der Waals surface area (Å²) in [5, 5.41) is 13.7. The second-order valence-corrected chi connectivity index (χ2v) is 8.68. The highest BCUT2D eigenvalue weighted by Gasteiger charge is 2.31. The minimum absolute atomic E-state index is 0.0256. The van der Waals surface area contributed by atoms with Gasteiger partial charge in [0.15, 0.2) is 0 Å². The molecule has 0 radical (unpaired) electrons. The van der Waals surface area contributed by atoms with E-state index in [0.717, 1.165) is 30.3 Å². The number of carbonyl (C=O) groups is 1.